The number of hydrogen-bond donors (Lipinski definition) is 0. The molecule has 1 aromatic rings. The van der Waals surface area contributed by atoms with Crippen LogP contribution < -0.4 is 4.74 Å². The Balaban J connectivity index is 1.58. The zero-order valence-electron chi connectivity index (χ0n) is 17.0. The largest absolute Gasteiger partial charge is 0.491 e. The molecule has 0 aliphatic heterocycles. The normalized spacial score (nSPS) is 22.7. The summed E-state index contributed by atoms with van der Waals surface area (Å²) in [6.45, 7) is 4.70. The highest BCUT2D eigenvalue weighted by atomic mass is 19.1. The maximum Gasteiger partial charge on any atom is 0.134 e. The molecule has 1 saturated carbocycles. The molecule has 0 saturated heterocycles. The minimum absolute atomic E-state index is 0.182. The molecule has 2 rings (SSSR count). The van der Waals surface area contributed by atoms with Crippen LogP contribution in [0.25, 0.3) is 0 Å². The van der Waals surface area contributed by atoms with Crippen LogP contribution in [0.1, 0.15) is 84.5 Å². The van der Waals surface area contributed by atoms with Crippen molar-refractivity contribution in [3.63, 3.8) is 0 Å². The first-order valence-electron chi connectivity index (χ1n) is 11.0. The molecule has 0 amide bonds. The van der Waals surface area contributed by atoms with E-state index in [0.29, 0.717) is 18.3 Å². The highest BCUT2D eigenvalue weighted by Gasteiger charge is 2.26. The zero-order valence-corrected chi connectivity index (χ0v) is 17.0. The first-order chi connectivity index (χ1) is 12.7. The second kappa shape index (κ2) is 12.4. The fraction of sp³-hybridized carbons (Fsp3) is 0.750. The van der Waals surface area contributed by atoms with Gasteiger partial charge in [-0.05, 0) is 49.1 Å². The number of halogens is 1. The van der Waals surface area contributed by atoms with E-state index in [9.17, 15) is 4.39 Å². The number of ether oxygens (including phenoxy) is 1. The fourth-order valence-electron chi connectivity index (χ4n) is 4.45. The van der Waals surface area contributed by atoms with Crippen LogP contribution in [0.3, 0.4) is 0 Å². The van der Waals surface area contributed by atoms with Crippen molar-refractivity contribution in [2.24, 2.45) is 17.8 Å². The van der Waals surface area contributed by atoms with Crippen LogP contribution in [0.5, 0.6) is 5.75 Å². The van der Waals surface area contributed by atoms with Crippen LogP contribution in [-0.2, 0) is 0 Å². The van der Waals surface area contributed by atoms with Crippen molar-refractivity contribution in [2.45, 2.75) is 90.6 Å². The van der Waals surface area contributed by atoms with E-state index in [4.69, 9.17) is 4.74 Å². The van der Waals surface area contributed by atoms with Gasteiger partial charge in [-0.3, -0.25) is 0 Å². The SMILES string of the molecule is CCCCCCCC1CCC(C(C)CC(F)COc2ccccc2)CC1. The van der Waals surface area contributed by atoms with Gasteiger partial charge in [0.2, 0.25) is 0 Å². The first kappa shape index (κ1) is 21.3. The molecule has 1 nitrogen and oxygen atoms in total. The summed E-state index contributed by atoms with van der Waals surface area (Å²) in [7, 11) is 0. The van der Waals surface area contributed by atoms with Gasteiger partial charge in [-0.25, -0.2) is 4.39 Å². The third-order valence-corrected chi connectivity index (χ3v) is 6.21. The van der Waals surface area contributed by atoms with Crippen LogP contribution in [0.15, 0.2) is 30.3 Å². The van der Waals surface area contributed by atoms with Crippen LogP contribution >= 0.6 is 0 Å². The minimum Gasteiger partial charge on any atom is -0.491 e. The van der Waals surface area contributed by atoms with Crippen molar-refractivity contribution in [2.75, 3.05) is 6.61 Å². The van der Waals surface area contributed by atoms with Gasteiger partial charge in [0.1, 0.15) is 18.5 Å². The van der Waals surface area contributed by atoms with Crippen molar-refractivity contribution < 1.29 is 9.13 Å². The van der Waals surface area contributed by atoms with Gasteiger partial charge in [0.25, 0.3) is 0 Å². The van der Waals surface area contributed by atoms with Crippen LogP contribution in [0.4, 0.5) is 4.39 Å². The molecule has 0 aromatic heterocycles. The molecule has 0 spiro atoms. The molecular weight excluding hydrogens is 323 g/mol. The third kappa shape index (κ3) is 8.10. The molecule has 26 heavy (non-hydrogen) atoms. The number of alkyl halides is 1. The summed E-state index contributed by atoms with van der Waals surface area (Å²) in [5.74, 6) is 2.88. The lowest BCUT2D eigenvalue weighted by Crippen LogP contribution is -2.24. The van der Waals surface area contributed by atoms with Gasteiger partial charge in [-0.1, -0.05) is 83.4 Å². The molecule has 0 N–H and O–H groups in total. The fourth-order valence-corrected chi connectivity index (χ4v) is 4.45. The Morgan fingerprint density at radius 1 is 1.00 bits per heavy atom. The molecule has 1 aliphatic rings. The van der Waals surface area contributed by atoms with Gasteiger partial charge in [0.15, 0.2) is 0 Å². The van der Waals surface area contributed by atoms with E-state index in [1.54, 1.807) is 0 Å². The Kier molecular flexibility index (Phi) is 10.1. The van der Waals surface area contributed by atoms with Gasteiger partial charge >= 0.3 is 0 Å². The highest BCUT2D eigenvalue weighted by molar-refractivity contribution is 5.20. The standard InChI is InChI=1S/C24H39FO/c1-3-4-5-6-8-11-21-14-16-22(17-15-21)20(2)18-23(25)19-26-24-12-9-7-10-13-24/h7,9-10,12-13,20-23H,3-6,8,11,14-19H2,1-2H3. The molecule has 1 fully saturated rings. The smallest absolute Gasteiger partial charge is 0.134 e. The van der Waals surface area contributed by atoms with E-state index in [-0.39, 0.29) is 6.61 Å². The monoisotopic (exact) mass is 362 g/mol. The van der Waals surface area contributed by atoms with Gasteiger partial charge < -0.3 is 4.74 Å². The van der Waals surface area contributed by atoms with Gasteiger partial charge in [0, 0.05) is 0 Å². The van der Waals surface area contributed by atoms with Gasteiger partial charge in [0.05, 0.1) is 0 Å². The van der Waals surface area contributed by atoms with Crippen LogP contribution in [0, 0.1) is 17.8 Å². The number of unbranched alkanes of at least 4 members (excludes halogenated alkanes) is 4. The Bertz CT molecular complexity index is 453. The highest BCUT2D eigenvalue weighted by Crippen LogP contribution is 2.37. The van der Waals surface area contributed by atoms with E-state index >= 15 is 0 Å². The molecule has 2 heteroatoms. The lowest BCUT2D eigenvalue weighted by molar-refractivity contribution is 0.132. The molecule has 148 valence electrons. The van der Waals surface area contributed by atoms with E-state index in [1.807, 2.05) is 30.3 Å². The molecule has 2 unspecified atom stereocenters. The number of hydrogen-bond acceptors (Lipinski definition) is 1. The molecule has 0 bridgehead atoms. The maximum absolute atomic E-state index is 14.3. The lowest BCUT2D eigenvalue weighted by Gasteiger charge is -2.33. The topological polar surface area (TPSA) is 9.23 Å². The Labute approximate surface area is 160 Å². The quantitative estimate of drug-likeness (QED) is 0.348. The van der Waals surface area contributed by atoms with Crippen molar-refractivity contribution >= 4 is 0 Å². The van der Waals surface area contributed by atoms with E-state index in [2.05, 4.69) is 13.8 Å². The summed E-state index contributed by atoms with van der Waals surface area (Å²) in [5.41, 5.74) is 0. The predicted octanol–water partition coefficient (Wildman–Crippen LogP) is 7.60. The van der Waals surface area contributed by atoms with E-state index in [0.717, 1.165) is 11.7 Å². The molecule has 2 atom stereocenters. The lowest BCUT2D eigenvalue weighted by atomic mass is 9.74. The maximum atomic E-state index is 14.3. The second-order valence-corrected chi connectivity index (χ2v) is 8.42. The molecule has 1 aromatic carbocycles. The Hall–Kier alpha value is -1.05. The summed E-state index contributed by atoms with van der Waals surface area (Å²) < 4.78 is 19.9. The third-order valence-electron chi connectivity index (χ3n) is 6.21. The summed E-state index contributed by atoms with van der Waals surface area (Å²) in [6.07, 6.45) is 13.5. The molecule has 0 heterocycles. The summed E-state index contributed by atoms with van der Waals surface area (Å²) >= 11 is 0. The Morgan fingerprint density at radius 3 is 2.38 bits per heavy atom. The number of benzene rings is 1. The van der Waals surface area contributed by atoms with Crippen molar-refractivity contribution in [1.82, 2.24) is 0 Å². The van der Waals surface area contributed by atoms with E-state index < -0.39 is 6.17 Å². The summed E-state index contributed by atoms with van der Waals surface area (Å²) in [5, 5.41) is 0. The predicted molar refractivity (Wildman–Crippen MR) is 109 cm³/mol. The Morgan fingerprint density at radius 2 is 1.69 bits per heavy atom. The van der Waals surface area contributed by atoms with E-state index in [1.165, 1.54) is 64.2 Å². The number of para-hydroxylation sites is 1. The summed E-state index contributed by atoms with van der Waals surface area (Å²) in [4.78, 5) is 0. The molecule has 1 aliphatic carbocycles. The number of rotatable bonds is 12. The van der Waals surface area contributed by atoms with Crippen molar-refractivity contribution in [3.05, 3.63) is 30.3 Å². The average molecular weight is 363 g/mol. The summed E-state index contributed by atoms with van der Waals surface area (Å²) in [6, 6.07) is 9.57. The first-order valence-corrected chi connectivity index (χ1v) is 11.0. The van der Waals surface area contributed by atoms with Gasteiger partial charge in [-0.15, -0.1) is 0 Å². The van der Waals surface area contributed by atoms with Gasteiger partial charge in [-0.2, -0.15) is 0 Å². The van der Waals surface area contributed by atoms with Crippen LogP contribution in [0.2, 0.25) is 0 Å². The zero-order chi connectivity index (χ0) is 18.6. The van der Waals surface area contributed by atoms with Crippen molar-refractivity contribution in [1.29, 1.82) is 0 Å². The molecular formula is C24H39FO. The van der Waals surface area contributed by atoms with Crippen molar-refractivity contribution in [3.8, 4) is 5.75 Å². The second-order valence-electron chi connectivity index (χ2n) is 8.42. The average Bonchev–Trinajstić information content (AvgIpc) is 2.67. The molecule has 0 radical (unpaired) electrons. The minimum atomic E-state index is -0.860. The van der Waals surface area contributed by atoms with Crippen LogP contribution in [-0.4, -0.2) is 12.8 Å².